The Hall–Kier alpha value is -5.24. The van der Waals surface area contributed by atoms with Crippen molar-refractivity contribution in [2.75, 3.05) is 0 Å². The molecular weight excluding hydrogens is 480 g/mol. The molecule has 188 valence electrons. The van der Waals surface area contributed by atoms with Crippen LogP contribution in [-0.4, -0.2) is 26.0 Å². The largest absolute Gasteiger partial charge is 0.505 e. The standard InChI is InChI=1S/C30H24N4O4/c1-18-9-6-16-25(19(18)2)34-29(36)27(26(33-34)20-10-4-3-5-11-20)32-31-24-15-8-14-23(28(24)35)21-12-7-13-22(17-21)30(37)38/h3-17,33,35H,1-2H3,(H,37,38). The lowest BCUT2D eigenvalue weighted by Crippen LogP contribution is -2.15. The Morgan fingerprint density at radius 1 is 0.842 bits per heavy atom. The Bertz CT molecular complexity index is 1750. The third-order valence-corrected chi connectivity index (χ3v) is 6.44. The number of benzene rings is 4. The maximum absolute atomic E-state index is 13.6. The molecule has 0 aliphatic rings. The van der Waals surface area contributed by atoms with Crippen LogP contribution in [0.15, 0.2) is 106 Å². The van der Waals surface area contributed by atoms with Crippen LogP contribution in [0.4, 0.5) is 11.4 Å². The Balaban J connectivity index is 1.62. The molecular formula is C30H24N4O4. The molecule has 4 aromatic carbocycles. The van der Waals surface area contributed by atoms with Crippen LogP contribution in [0.5, 0.6) is 5.75 Å². The summed E-state index contributed by atoms with van der Waals surface area (Å²) in [6.07, 6.45) is 0. The number of azo groups is 1. The number of aromatic hydroxyl groups is 1. The Kier molecular flexibility index (Phi) is 6.45. The molecule has 0 radical (unpaired) electrons. The Labute approximate surface area is 218 Å². The van der Waals surface area contributed by atoms with Gasteiger partial charge >= 0.3 is 5.97 Å². The van der Waals surface area contributed by atoms with E-state index < -0.39 is 5.97 Å². The van der Waals surface area contributed by atoms with Crippen LogP contribution >= 0.6 is 0 Å². The number of hydrogen-bond donors (Lipinski definition) is 3. The van der Waals surface area contributed by atoms with E-state index in [2.05, 4.69) is 15.3 Å². The minimum atomic E-state index is -1.07. The van der Waals surface area contributed by atoms with Crippen molar-refractivity contribution in [2.45, 2.75) is 13.8 Å². The fourth-order valence-corrected chi connectivity index (χ4v) is 4.24. The van der Waals surface area contributed by atoms with Crippen molar-refractivity contribution in [1.29, 1.82) is 0 Å². The van der Waals surface area contributed by atoms with Crippen molar-refractivity contribution in [3.05, 3.63) is 118 Å². The number of carboxylic acids is 1. The highest BCUT2D eigenvalue weighted by Gasteiger charge is 2.19. The maximum atomic E-state index is 13.6. The number of aromatic carboxylic acids is 1. The molecule has 5 rings (SSSR count). The maximum Gasteiger partial charge on any atom is 0.335 e. The van der Waals surface area contributed by atoms with Crippen LogP contribution in [-0.2, 0) is 0 Å². The first-order valence-corrected chi connectivity index (χ1v) is 11.9. The molecule has 0 fully saturated rings. The molecule has 0 saturated heterocycles. The highest BCUT2D eigenvalue weighted by atomic mass is 16.4. The van der Waals surface area contributed by atoms with Crippen molar-refractivity contribution in [2.24, 2.45) is 10.2 Å². The van der Waals surface area contributed by atoms with Gasteiger partial charge in [0.2, 0.25) is 0 Å². The molecule has 8 heteroatoms. The summed E-state index contributed by atoms with van der Waals surface area (Å²) in [5.74, 6) is -1.24. The van der Waals surface area contributed by atoms with E-state index in [1.165, 1.54) is 16.8 Å². The van der Waals surface area contributed by atoms with E-state index in [1.54, 1.807) is 30.3 Å². The molecule has 1 heterocycles. The monoisotopic (exact) mass is 504 g/mol. The summed E-state index contributed by atoms with van der Waals surface area (Å²) in [7, 11) is 0. The van der Waals surface area contributed by atoms with Gasteiger partial charge in [-0.1, -0.05) is 66.7 Å². The molecule has 3 N–H and O–H groups in total. The second-order valence-electron chi connectivity index (χ2n) is 8.82. The first kappa shape index (κ1) is 24.5. The van der Waals surface area contributed by atoms with Crippen LogP contribution in [0.1, 0.15) is 21.5 Å². The number of hydrogen-bond acceptors (Lipinski definition) is 5. The number of para-hydroxylation sites is 1. The summed E-state index contributed by atoms with van der Waals surface area (Å²) in [6.45, 7) is 3.93. The molecule has 0 spiro atoms. The smallest absolute Gasteiger partial charge is 0.335 e. The highest BCUT2D eigenvalue weighted by Crippen LogP contribution is 2.38. The number of nitrogens with one attached hydrogen (secondary N) is 1. The number of carboxylic acid groups (broad SMARTS) is 1. The van der Waals surface area contributed by atoms with Gasteiger partial charge in [0.15, 0.2) is 11.4 Å². The molecule has 0 bridgehead atoms. The van der Waals surface area contributed by atoms with Gasteiger partial charge in [0.25, 0.3) is 5.56 Å². The fraction of sp³-hybridized carbons (Fsp3) is 0.0667. The quantitative estimate of drug-likeness (QED) is 0.217. The molecule has 5 aromatic rings. The number of aryl methyl sites for hydroxylation is 1. The zero-order chi connectivity index (χ0) is 26.8. The number of aromatic nitrogens is 2. The summed E-state index contributed by atoms with van der Waals surface area (Å²) in [5, 5.41) is 32.0. The predicted molar refractivity (Wildman–Crippen MR) is 146 cm³/mol. The van der Waals surface area contributed by atoms with E-state index in [9.17, 15) is 19.8 Å². The molecule has 0 atom stereocenters. The number of phenolic OH excluding ortho intramolecular Hbond substituents is 1. The molecule has 38 heavy (non-hydrogen) atoms. The van der Waals surface area contributed by atoms with Gasteiger partial charge in [0.1, 0.15) is 5.69 Å². The summed E-state index contributed by atoms with van der Waals surface area (Å²) in [5.41, 5.74) is 4.81. The summed E-state index contributed by atoms with van der Waals surface area (Å²) in [4.78, 5) is 25.0. The van der Waals surface area contributed by atoms with Gasteiger partial charge < -0.3 is 10.2 Å². The van der Waals surface area contributed by atoms with E-state index in [1.807, 2.05) is 62.4 Å². The van der Waals surface area contributed by atoms with Gasteiger partial charge in [-0.05, 0) is 54.8 Å². The van der Waals surface area contributed by atoms with E-state index in [0.717, 1.165) is 16.7 Å². The molecule has 1 aromatic heterocycles. The lowest BCUT2D eigenvalue weighted by atomic mass is 10.0. The van der Waals surface area contributed by atoms with Crippen LogP contribution in [0.3, 0.4) is 0 Å². The van der Waals surface area contributed by atoms with Gasteiger partial charge in [-0.25, -0.2) is 9.48 Å². The van der Waals surface area contributed by atoms with Crippen LogP contribution in [0.25, 0.3) is 28.1 Å². The lowest BCUT2D eigenvalue weighted by molar-refractivity contribution is 0.0697. The van der Waals surface area contributed by atoms with E-state index in [-0.39, 0.29) is 28.2 Å². The molecule has 0 aliphatic carbocycles. The van der Waals surface area contributed by atoms with Crippen LogP contribution in [0, 0.1) is 13.8 Å². The minimum absolute atomic E-state index is 0.0924. The van der Waals surface area contributed by atoms with E-state index in [0.29, 0.717) is 22.5 Å². The van der Waals surface area contributed by atoms with Crippen LogP contribution in [0.2, 0.25) is 0 Å². The van der Waals surface area contributed by atoms with Gasteiger partial charge in [0, 0.05) is 11.1 Å². The van der Waals surface area contributed by atoms with Crippen molar-refractivity contribution >= 4 is 17.3 Å². The summed E-state index contributed by atoms with van der Waals surface area (Å²) in [6, 6.07) is 26.2. The number of phenols is 1. The lowest BCUT2D eigenvalue weighted by Gasteiger charge is -2.08. The average molecular weight is 505 g/mol. The number of aromatic amines is 1. The summed E-state index contributed by atoms with van der Waals surface area (Å²) < 4.78 is 1.45. The van der Waals surface area contributed by atoms with Crippen molar-refractivity contribution < 1.29 is 15.0 Å². The second-order valence-corrected chi connectivity index (χ2v) is 8.82. The van der Waals surface area contributed by atoms with E-state index >= 15 is 0 Å². The average Bonchev–Trinajstić information content (AvgIpc) is 3.26. The predicted octanol–water partition coefficient (Wildman–Crippen LogP) is 6.94. The third-order valence-electron chi connectivity index (χ3n) is 6.44. The first-order valence-electron chi connectivity index (χ1n) is 11.9. The molecule has 0 saturated carbocycles. The third kappa shape index (κ3) is 4.51. The molecule has 0 aliphatic heterocycles. The number of nitrogens with zero attached hydrogens (tertiary/aromatic N) is 3. The molecule has 0 unspecified atom stereocenters. The molecule has 0 amide bonds. The molecule has 8 nitrogen and oxygen atoms in total. The Morgan fingerprint density at radius 3 is 2.32 bits per heavy atom. The highest BCUT2D eigenvalue weighted by molar-refractivity contribution is 5.90. The van der Waals surface area contributed by atoms with Crippen LogP contribution < -0.4 is 5.56 Å². The number of rotatable bonds is 6. The second kappa shape index (κ2) is 10.0. The van der Waals surface area contributed by atoms with Crippen molar-refractivity contribution in [3.63, 3.8) is 0 Å². The van der Waals surface area contributed by atoms with Gasteiger partial charge in [0.05, 0.1) is 16.9 Å². The van der Waals surface area contributed by atoms with E-state index in [4.69, 9.17) is 0 Å². The first-order chi connectivity index (χ1) is 18.3. The normalized spacial score (nSPS) is 11.2. The van der Waals surface area contributed by atoms with Gasteiger partial charge in [-0.3, -0.25) is 9.89 Å². The minimum Gasteiger partial charge on any atom is -0.505 e. The van der Waals surface area contributed by atoms with Gasteiger partial charge in [-0.15, -0.1) is 10.2 Å². The fourth-order valence-electron chi connectivity index (χ4n) is 4.24. The number of carbonyl (C=O) groups is 1. The van der Waals surface area contributed by atoms with Gasteiger partial charge in [-0.2, -0.15) is 0 Å². The zero-order valence-electron chi connectivity index (χ0n) is 20.7. The van der Waals surface area contributed by atoms with Crippen molar-refractivity contribution in [3.8, 4) is 33.8 Å². The van der Waals surface area contributed by atoms with Crippen molar-refractivity contribution in [1.82, 2.24) is 9.78 Å². The topological polar surface area (TPSA) is 120 Å². The zero-order valence-corrected chi connectivity index (χ0v) is 20.7. The SMILES string of the molecule is Cc1cccc(-n2[nH]c(-c3ccccc3)c(N=Nc3cccc(-c4cccc(C(=O)O)c4)c3O)c2=O)c1C. The Morgan fingerprint density at radius 2 is 1.55 bits per heavy atom. The number of H-pyrrole nitrogens is 1. The summed E-state index contributed by atoms with van der Waals surface area (Å²) >= 11 is 0.